The van der Waals surface area contributed by atoms with Crippen molar-refractivity contribution in [2.45, 2.75) is 0 Å². The van der Waals surface area contributed by atoms with Gasteiger partial charge in [-0.15, -0.1) is 0 Å². The summed E-state index contributed by atoms with van der Waals surface area (Å²) in [7, 11) is 1.11. The topological polar surface area (TPSA) is 92.1 Å². The second kappa shape index (κ2) is 10.3. The third-order valence-corrected chi connectivity index (χ3v) is 4.01. The minimum atomic E-state index is -1.27. The van der Waals surface area contributed by atoms with Gasteiger partial charge in [0.1, 0.15) is 17.8 Å². The zero-order chi connectivity index (χ0) is 22.2. The van der Waals surface area contributed by atoms with Gasteiger partial charge in [-0.3, -0.25) is 0 Å². The van der Waals surface area contributed by atoms with Crippen molar-refractivity contribution in [3.63, 3.8) is 0 Å². The highest BCUT2D eigenvalue weighted by molar-refractivity contribution is 6.43. The zero-order valence-corrected chi connectivity index (χ0v) is 16.7. The summed E-state index contributed by atoms with van der Waals surface area (Å²) in [5.74, 6) is -2.73. The van der Waals surface area contributed by atoms with Gasteiger partial charge < -0.3 is 19.0 Å². The van der Waals surface area contributed by atoms with Crippen LogP contribution in [-0.2, 0) is 14.4 Å². The molecule has 0 radical (unpaired) electrons. The lowest BCUT2D eigenvalue weighted by atomic mass is 10.1. The lowest BCUT2D eigenvalue weighted by Crippen LogP contribution is -2.18. The van der Waals surface area contributed by atoms with Crippen LogP contribution in [0.4, 0.5) is 8.78 Å². The lowest BCUT2D eigenvalue weighted by molar-refractivity contribution is -0.132. The Morgan fingerprint density at radius 3 is 2.29 bits per heavy atom. The number of hydrogen-bond acceptors (Lipinski definition) is 8. The quantitative estimate of drug-likeness (QED) is 0.280. The van der Waals surface area contributed by atoms with Gasteiger partial charge in [0.15, 0.2) is 5.71 Å². The smallest absolute Gasteiger partial charge is 0.360 e. The molecule has 0 saturated heterocycles. The van der Waals surface area contributed by atoms with Gasteiger partial charge in [-0.2, -0.15) is 14.4 Å². The lowest BCUT2D eigenvalue weighted by Gasteiger charge is -2.12. The molecule has 0 fully saturated rings. The summed E-state index contributed by atoms with van der Waals surface area (Å²) in [6.07, 6.45) is 1.02. The predicted octanol–water partition coefficient (Wildman–Crippen LogP) is 4.67. The minimum Gasteiger partial charge on any atom is -0.464 e. The predicted molar refractivity (Wildman–Crippen MR) is 106 cm³/mol. The summed E-state index contributed by atoms with van der Waals surface area (Å²) in [4.78, 5) is 23.9. The normalized spacial score (nSPS) is 11.0. The summed E-state index contributed by atoms with van der Waals surface area (Å²) in [5, 5.41) is 3.66. The number of methoxy groups -OCH3 is 1. The van der Waals surface area contributed by atoms with Gasteiger partial charge in [0, 0.05) is 0 Å². The maximum absolute atomic E-state index is 14.9. The monoisotopic (exact) mass is 449 g/mol. The molecule has 0 aliphatic rings. The van der Waals surface area contributed by atoms with Crippen LogP contribution in [0.15, 0.2) is 60.0 Å². The van der Waals surface area contributed by atoms with E-state index < -0.39 is 36.1 Å². The number of aromatic nitrogens is 2. The van der Waals surface area contributed by atoms with E-state index >= 15 is 0 Å². The van der Waals surface area contributed by atoms with Crippen molar-refractivity contribution >= 4 is 23.3 Å². The summed E-state index contributed by atoms with van der Waals surface area (Å²) in [6.45, 7) is -1.27. The van der Waals surface area contributed by atoms with Crippen LogP contribution in [0.3, 0.4) is 0 Å². The molecule has 0 saturated carbocycles. The Morgan fingerprint density at radius 1 is 1.03 bits per heavy atom. The molecule has 1 aromatic heterocycles. The third-order valence-electron chi connectivity index (χ3n) is 3.70. The van der Waals surface area contributed by atoms with Gasteiger partial charge in [-0.05, 0) is 24.3 Å². The first-order chi connectivity index (χ1) is 15.0. The summed E-state index contributed by atoms with van der Waals surface area (Å²) >= 11 is 6.02. The fourth-order valence-corrected chi connectivity index (χ4v) is 2.52. The van der Waals surface area contributed by atoms with Gasteiger partial charge in [-0.25, -0.2) is 9.18 Å². The molecular formula is C20H14ClF2N3O5. The van der Waals surface area contributed by atoms with Crippen molar-refractivity contribution in [1.82, 2.24) is 9.97 Å². The Bertz CT molecular complexity index is 1110. The van der Waals surface area contributed by atoms with Crippen LogP contribution in [0.1, 0.15) is 5.56 Å². The van der Waals surface area contributed by atoms with Crippen molar-refractivity contribution in [1.29, 1.82) is 0 Å². The molecule has 3 rings (SSSR count). The summed E-state index contributed by atoms with van der Waals surface area (Å²) in [6, 6.07) is 12.4. The van der Waals surface area contributed by atoms with Crippen molar-refractivity contribution in [2.75, 3.05) is 14.0 Å². The number of alkyl halides is 1. The first-order valence-corrected chi connectivity index (χ1v) is 8.97. The average molecular weight is 450 g/mol. The van der Waals surface area contributed by atoms with Crippen molar-refractivity contribution in [2.24, 2.45) is 5.16 Å². The number of carbonyl (C=O) groups excluding carboxylic acids is 1. The van der Waals surface area contributed by atoms with E-state index in [1.165, 1.54) is 18.2 Å². The Hall–Kier alpha value is -3.79. The number of oxime groups is 1. The summed E-state index contributed by atoms with van der Waals surface area (Å²) in [5.41, 5.74) is -0.341. The standard InChI is InChI=1S/C20H14ClF2N3O5/c1-28-20(27)17(26-29-10-22)12-6-2-4-8-14(12)30-18-16(23)19(25-11-24-18)31-15-9-5-3-7-13(15)21/h2-9,11H,10H2,1H3. The third kappa shape index (κ3) is 5.23. The van der Waals surface area contributed by atoms with E-state index in [-0.39, 0.29) is 22.1 Å². The molecule has 0 spiro atoms. The summed E-state index contributed by atoms with van der Waals surface area (Å²) < 4.78 is 42.9. The molecular weight excluding hydrogens is 436 g/mol. The van der Waals surface area contributed by atoms with E-state index in [1.807, 2.05) is 0 Å². The molecule has 0 aliphatic heterocycles. The maximum Gasteiger partial charge on any atom is 0.360 e. The molecule has 160 valence electrons. The first kappa shape index (κ1) is 21.9. The van der Waals surface area contributed by atoms with Crippen LogP contribution >= 0.6 is 11.6 Å². The van der Waals surface area contributed by atoms with E-state index in [4.69, 9.17) is 21.1 Å². The van der Waals surface area contributed by atoms with Gasteiger partial charge in [0.05, 0.1) is 17.7 Å². The van der Waals surface area contributed by atoms with E-state index in [0.717, 1.165) is 13.4 Å². The fourth-order valence-electron chi connectivity index (χ4n) is 2.35. The van der Waals surface area contributed by atoms with Crippen LogP contribution < -0.4 is 9.47 Å². The highest BCUT2D eigenvalue weighted by Gasteiger charge is 2.23. The second-order valence-corrected chi connectivity index (χ2v) is 6.01. The molecule has 2 aromatic carbocycles. The number of para-hydroxylation sites is 2. The largest absolute Gasteiger partial charge is 0.464 e. The van der Waals surface area contributed by atoms with Crippen molar-refractivity contribution in [3.8, 4) is 23.3 Å². The van der Waals surface area contributed by atoms with Gasteiger partial charge in [0.25, 0.3) is 18.6 Å². The molecule has 0 bridgehead atoms. The Balaban J connectivity index is 1.95. The minimum absolute atomic E-state index is 0.0320. The van der Waals surface area contributed by atoms with Gasteiger partial charge in [0.2, 0.25) is 5.82 Å². The number of hydrogen-bond donors (Lipinski definition) is 0. The van der Waals surface area contributed by atoms with E-state index in [1.54, 1.807) is 30.3 Å². The molecule has 0 atom stereocenters. The van der Waals surface area contributed by atoms with Crippen molar-refractivity contribution in [3.05, 3.63) is 71.3 Å². The van der Waals surface area contributed by atoms with Gasteiger partial charge >= 0.3 is 5.97 Å². The van der Waals surface area contributed by atoms with Crippen LogP contribution in [0, 0.1) is 5.82 Å². The van der Waals surface area contributed by atoms with E-state index in [2.05, 4.69) is 24.7 Å². The number of carbonyl (C=O) groups is 1. The Morgan fingerprint density at radius 2 is 1.65 bits per heavy atom. The Kier molecular flexibility index (Phi) is 7.28. The highest BCUT2D eigenvalue weighted by atomic mass is 35.5. The molecule has 0 amide bonds. The molecule has 0 unspecified atom stereocenters. The molecule has 11 heteroatoms. The molecule has 0 aliphatic carbocycles. The van der Waals surface area contributed by atoms with Crippen LogP contribution in [-0.4, -0.2) is 35.6 Å². The zero-order valence-electron chi connectivity index (χ0n) is 15.9. The van der Waals surface area contributed by atoms with Gasteiger partial charge in [-0.1, -0.05) is 41.0 Å². The number of esters is 1. The number of ether oxygens (including phenoxy) is 3. The average Bonchev–Trinajstić information content (AvgIpc) is 2.79. The second-order valence-electron chi connectivity index (χ2n) is 5.60. The number of rotatable bonds is 8. The number of benzene rings is 2. The van der Waals surface area contributed by atoms with E-state index in [0.29, 0.717) is 0 Å². The molecule has 3 aromatic rings. The number of nitrogens with zero attached hydrogens (tertiary/aromatic N) is 3. The first-order valence-electron chi connectivity index (χ1n) is 8.59. The van der Waals surface area contributed by atoms with Crippen LogP contribution in [0.5, 0.6) is 23.3 Å². The number of halogens is 3. The fraction of sp³-hybridized carbons (Fsp3) is 0.100. The van der Waals surface area contributed by atoms with Crippen molar-refractivity contribution < 1.29 is 32.6 Å². The molecule has 8 nitrogen and oxygen atoms in total. The molecule has 1 heterocycles. The molecule has 31 heavy (non-hydrogen) atoms. The highest BCUT2D eigenvalue weighted by Crippen LogP contribution is 2.33. The van der Waals surface area contributed by atoms with Crippen LogP contribution in [0.2, 0.25) is 5.02 Å². The van der Waals surface area contributed by atoms with Crippen LogP contribution in [0.25, 0.3) is 0 Å². The SMILES string of the molecule is COC(=O)C(=NOCF)c1ccccc1Oc1ncnc(Oc2ccccc2Cl)c1F. The Labute approximate surface area is 180 Å². The van der Waals surface area contributed by atoms with E-state index in [9.17, 15) is 13.6 Å². The maximum atomic E-state index is 14.9. The molecule has 0 N–H and O–H groups in total.